The van der Waals surface area contributed by atoms with E-state index in [1.165, 1.54) is 25.1 Å². The van der Waals surface area contributed by atoms with Crippen LogP contribution in [0.1, 0.15) is 18.1 Å². The summed E-state index contributed by atoms with van der Waals surface area (Å²) in [6, 6.07) is 4.51. The monoisotopic (exact) mass is 324 g/mol. The van der Waals surface area contributed by atoms with Crippen LogP contribution in [-0.4, -0.2) is 24.7 Å². The Morgan fingerprint density at radius 3 is 2.29 bits per heavy atom. The van der Waals surface area contributed by atoms with Crippen molar-refractivity contribution in [2.75, 3.05) is 14.2 Å². The third-order valence-corrected chi connectivity index (χ3v) is 5.06. The van der Waals surface area contributed by atoms with Gasteiger partial charge < -0.3 is 14.2 Å². The molecule has 1 rings (SSSR count). The summed E-state index contributed by atoms with van der Waals surface area (Å²) in [5.41, 5.74) is -0.616. The molecule has 1 aromatic rings. The van der Waals surface area contributed by atoms with Crippen LogP contribution in [0.2, 0.25) is 0 Å². The first-order chi connectivity index (χ1) is 9.55. The second kappa shape index (κ2) is 6.32. The maximum atomic E-state index is 12.6. The number of benzene rings is 1. The number of alkyl halides is 3. The Morgan fingerprint density at radius 1 is 1.24 bits per heavy atom. The topological polar surface area (TPSA) is 55.8 Å². The number of hydrogen-bond donors (Lipinski definition) is 1. The Kier molecular flexibility index (Phi) is 5.39. The van der Waals surface area contributed by atoms with Gasteiger partial charge in [-0.3, -0.25) is 4.57 Å². The highest BCUT2D eigenvalue weighted by Crippen LogP contribution is 2.58. The fourth-order valence-electron chi connectivity index (χ4n) is 1.61. The van der Waals surface area contributed by atoms with Gasteiger partial charge in [-0.05, 0) is 30.7 Å². The summed E-state index contributed by atoms with van der Waals surface area (Å²) < 4.78 is 59.2. The van der Waals surface area contributed by atoms with Crippen LogP contribution in [0.5, 0.6) is 0 Å². The highest BCUT2D eigenvalue weighted by molar-refractivity contribution is 7.55. The van der Waals surface area contributed by atoms with Crippen molar-refractivity contribution < 1.29 is 31.9 Å². The molecule has 0 heterocycles. The average Bonchev–Trinajstić information content (AvgIpc) is 2.43. The fourth-order valence-corrected chi connectivity index (χ4v) is 2.75. The van der Waals surface area contributed by atoms with Crippen LogP contribution < -0.4 is 0 Å². The summed E-state index contributed by atoms with van der Waals surface area (Å²) in [5, 5.41) is 8.13. The average molecular weight is 324 g/mol. The minimum Gasteiger partial charge on any atom is -0.374 e. The molecule has 0 aliphatic rings. The van der Waals surface area contributed by atoms with E-state index >= 15 is 0 Å². The molecule has 0 aromatic heterocycles. The van der Waals surface area contributed by atoms with Gasteiger partial charge in [0.1, 0.15) is 0 Å². The van der Waals surface area contributed by atoms with Crippen molar-refractivity contribution in [2.24, 2.45) is 0 Å². The quantitative estimate of drug-likeness (QED) is 0.834. The Balaban J connectivity index is 3.08. The number of hydrogen-bond acceptors (Lipinski definition) is 4. The Morgan fingerprint density at radius 2 is 1.81 bits per heavy atom. The zero-order valence-corrected chi connectivity index (χ0v) is 12.6. The molecule has 1 atom stereocenters. The van der Waals surface area contributed by atoms with Gasteiger partial charge >= 0.3 is 13.8 Å². The molecule has 0 aliphatic heterocycles. The molecule has 1 unspecified atom stereocenters. The van der Waals surface area contributed by atoms with E-state index in [9.17, 15) is 22.8 Å². The Labute approximate surface area is 120 Å². The van der Waals surface area contributed by atoms with Gasteiger partial charge in [-0.25, -0.2) is 0 Å². The first kappa shape index (κ1) is 17.9. The summed E-state index contributed by atoms with van der Waals surface area (Å²) in [4.78, 5) is 0. The Hall–Kier alpha value is -1.14. The van der Waals surface area contributed by atoms with Crippen molar-refractivity contribution in [2.45, 2.75) is 18.4 Å². The molecule has 0 saturated heterocycles. The van der Waals surface area contributed by atoms with Crippen LogP contribution in [0.25, 0.3) is 6.08 Å². The maximum Gasteiger partial charge on any atom is 0.416 e. The zero-order chi connectivity index (χ0) is 16.3. The lowest BCUT2D eigenvalue weighted by Gasteiger charge is -2.26. The van der Waals surface area contributed by atoms with Crippen LogP contribution in [0.4, 0.5) is 13.2 Å². The zero-order valence-electron chi connectivity index (χ0n) is 11.7. The fraction of sp³-hybridized carbons (Fsp3) is 0.385. The molecule has 1 aromatic carbocycles. The van der Waals surface area contributed by atoms with E-state index in [0.29, 0.717) is 0 Å². The predicted molar refractivity (Wildman–Crippen MR) is 72.7 cm³/mol. The summed E-state index contributed by atoms with van der Waals surface area (Å²) in [7, 11) is -1.60. The van der Waals surface area contributed by atoms with E-state index in [0.717, 1.165) is 32.4 Å². The van der Waals surface area contributed by atoms with Crippen LogP contribution >= 0.6 is 7.60 Å². The molecule has 0 spiro atoms. The molecule has 1 N–H and O–H groups in total. The molecule has 0 radical (unpaired) electrons. The van der Waals surface area contributed by atoms with Gasteiger partial charge in [0.05, 0.1) is 5.56 Å². The van der Waals surface area contributed by atoms with Crippen LogP contribution in [-0.2, 0) is 19.8 Å². The largest absolute Gasteiger partial charge is 0.416 e. The van der Waals surface area contributed by atoms with Crippen molar-refractivity contribution >= 4 is 13.7 Å². The molecule has 0 bridgehead atoms. The third-order valence-electron chi connectivity index (χ3n) is 2.84. The van der Waals surface area contributed by atoms with E-state index in [2.05, 4.69) is 9.05 Å². The molecule has 0 saturated carbocycles. The normalized spacial score (nSPS) is 16.1. The second-order valence-electron chi connectivity index (χ2n) is 4.41. The lowest BCUT2D eigenvalue weighted by atomic mass is 10.1. The summed E-state index contributed by atoms with van der Waals surface area (Å²) in [6.07, 6.45) is -2.16. The van der Waals surface area contributed by atoms with Gasteiger partial charge in [-0.1, -0.05) is 18.2 Å². The smallest absolute Gasteiger partial charge is 0.374 e. The molecular weight excluding hydrogens is 308 g/mol. The number of rotatable bonds is 5. The second-order valence-corrected chi connectivity index (χ2v) is 7.04. The molecule has 21 heavy (non-hydrogen) atoms. The highest BCUT2D eigenvalue weighted by Gasteiger charge is 2.42. The summed E-state index contributed by atoms with van der Waals surface area (Å²) in [6.45, 7) is 1.19. The summed E-state index contributed by atoms with van der Waals surface area (Å²) in [5.74, 6) is 0. The van der Waals surface area contributed by atoms with Gasteiger partial charge in [-0.2, -0.15) is 13.2 Å². The third kappa shape index (κ3) is 4.17. The van der Waals surface area contributed by atoms with Gasteiger partial charge in [0.2, 0.25) is 0 Å². The first-order valence-electron chi connectivity index (χ1n) is 5.86. The standard InChI is InChI=1S/C13H16F3O4P/c1-12(17,21(18,19-2)20-3)8-7-10-5-4-6-11(9-10)13(14,15)16/h4-9,17H,1-3H3/b8-7+. The van der Waals surface area contributed by atoms with Gasteiger partial charge in [0, 0.05) is 14.2 Å². The lowest BCUT2D eigenvalue weighted by molar-refractivity contribution is -0.137. The minimum absolute atomic E-state index is 0.198. The van der Waals surface area contributed by atoms with Crippen molar-refractivity contribution in [3.63, 3.8) is 0 Å². The van der Waals surface area contributed by atoms with Crippen molar-refractivity contribution in [1.82, 2.24) is 0 Å². The molecule has 0 amide bonds. The van der Waals surface area contributed by atoms with Gasteiger partial charge in [-0.15, -0.1) is 0 Å². The number of aliphatic hydroxyl groups is 1. The van der Waals surface area contributed by atoms with Crippen molar-refractivity contribution in [1.29, 1.82) is 0 Å². The Bertz CT molecular complexity index is 559. The molecule has 0 aliphatic carbocycles. The molecule has 118 valence electrons. The van der Waals surface area contributed by atoms with Crippen molar-refractivity contribution in [3.05, 3.63) is 41.5 Å². The van der Waals surface area contributed by atoms with Crippen LogP contribution in [0, 0.1) is 0 Å². The minimum atomic E-state index is -4.46. The van der Waals surface area contributed by atoms with Crippen molar-refractivity contribution in [3.8, 4) is 0 Å². The maximum absolute atomic E-state index is 12.6. The molecular formula is C13H16F3O4P. The number of halogens is 3. The van der Waals surface area contributed by atoms with Gasteiger partial charge in [0.25, 0.3) is 0 Å². The highest BCUT2D eigenvalue weighted by atomic mass is 31.2. The first-order valence-corrected chi connectivity index (χ1v) is 7.40. The summed E-state index contributed by atoms with van der Waals surface area (Å²) >= 11 is 0. The van der Waals surface area contributed by atoms with Crippen LogP contribution in [0.3, 0.4) is 0 Å². The SMILES string of the molecule is COP(=O)(OC)C(C)(O)/C=C/c1cccc(C(F)(F)F)c1. The van der Waals surface area contributed by atoms with Crippen LogP contribution in [0.15, 0.2) is 30.3 Å². The van der Waals surface area contributed by atoms with Gasteiger partial charge in [0.15, 0.2) is 5.34 Å². The molecule has 4 nitrogen and oxygen atoms in total. The van der Waals surface area contributed by atoms with E-state index in [1.54, 1.807) is 0 Å². The van der Waals surface area contributed by atoms with E-state index in [1.807, 2.05) is 0 Å². The van der Waals surface area contributed by atoms with E-state index < -0.39 is 24.7 Å². The molecule has 0 fully saturated rings. The van der Waals surface area contributed by atoms with E-state index in [4.69, 9.17) is 0 Å². The lowest BCUT2D eigenvalue weighted by Crippen LogP contribution is -2.22. The molecule has 8 heteroatoms. The predicted octanol–water partition coefficient (Wildman–Crippen LogP) is 3.91. The van der Waals surface area contributed by atoms with E-state index in [-0.39, 0.29) is 5.56 Å².